The summed E-state index contributed by atoms with van der Waals surface area (Å²) in [7, 11) is 4.01. The molecule has 0 spiro atoms. The molecule has 3 rings (SSSR count). The molecule has 1 saturated heterocycles. The topological polar surface area (TPSA) is 49.3 Å². The summed E-state index contributed by atoms with van der Waals surface area (Å²) in [5.41, 5.74) is 2.75. The van der Waals surface area contributed by atoms with Gasteiger partial charge in [0.2, 0.25) is 0 Å². The third-order valence-corrected chi connectivity index (χ3v) is 6.84. The average molecular weight is 573 g/mol. The first-order valence-corrected chi connectivity index (χ1v) is 12.6. The van der Waals surface area contributed by atoms with Crippen LogP contribution in [0.25, 0.3) is 0 Å². The first-order valence-electron chi connectivity index (χ1n) is 12.6. The van der Waals surface area contributed by atoms with E-state index in [1.54, 1.807) is 7.11 Å². The maximum absolute atomic E-state index is 5.76. The van der Waals surface area contributed by atoms with E-state index < -0.39 is 0 Å². The highest BCUT2D eigenvalue weighted by atomic mass is 127. The van der Waals surface area contributed by atoms with E-state index in [1.165, 1.54) is 43.2 Å². The molecule has 2 aliphatic rings. The van der Waals surface area contributed by atoms with Crippen LogP contribution in [0.3, 0.4) is 0 Å². The van der Waals surface area contributed by atoms with Crippen LogP contribution in [0.2, 0.25) is 0 Å². The number of nitrogens with zero attached hydrogens (tertiary/aromatic N) is 3. The summed E-state index contributed by atoms with van der Waals surface area (Å²) in [5, 5.41) is 3.51. The molecular formula is C26H45IN4O2. The number of hydrogen-bond acceptors (Lipinski definition) is 4. The van der Waals surface area contributed by atoms with Gasteiger partial charge in [-0.25, -0.2) is 4.99 Å². The monoisotopic (exact) mass is 572 g/mol. The highest BCUT2D eigenvalue weighted by Gasteiger charge is 2.25. The second kappa shape index (κ2) is 15.9. The lowest BCUT2D eigenvalue weighted by molar-refractivity contribution is 0.0536. The van der Waals surface area contributed by atoms with Crippen LogP contribution in [0.15, 0.2) is 29.3 Å². The van der Waals surface area contributed by atoms with Crippen molar-refractivity contribution in [2.24, 2.45) is 10.9 Å². The fourth-order valence-electron chi connectivity index (χ4n) is 4.92. The lowest BCUT2D eigenvalue weighted by atomic mass is 9.94. The Morgan fingerprint density at radius 3 is 2.61 bits per heavy atom. The van der Waals surface area contributed by atoms with Crippen molar-refractivity contribution in [2.45, 2.75) is 64.6 Å². The van der Waals surface area contributed by atoms with Crippen LogP contribution >= 0.6 is 24.0 Å². The van der Waals surface area contributed by atoms with Gasteiger partial charge in [0.05, 0.1) is 26.4 Å². The molecule has 1 aromatic carbocycles. The zero-order chi connectivity index (χ0) is 22.6. The summed E-state index contributed by atoms with van der Waals surface area (Å²) in [6.07, 6.45) is 7.99. The Morgan fingerprint density at radius 1 is 1.12 bits per heavy atom. The second-order valence-electron chi connectivity index (χ2n) is 9.31. The number of benzene rings is 1. The standard InChI is InChI=1S/C26H44N4O2.HI/c1-4-27-26(30-15-14-22(19-30)21-32-17-16-31-3)28-18-23-10-8-9-11-24(23)20-29(2)25-12-6-5-7-13-25;/h8-11,22,25H,4-7,12-21H2,1-3H3,(H,27,28);1H. The number of likely N-dealkylation sites (tertiary alicyclic amines) is 1. The molecule has 1 aliphatic carbocycles. The van der Waals surface area contributed by atoms with Crippen molar-refractivity contribution in [1.29, 1.82) is 0 Å². The van der Waals surface area contributed by atoms with Gasteiger partial charge in [0, 0.05) is 45.2 Å². The van der Waals surface area contributed by atoms with Crippen LogP contribution in [0.5, 0.6) is 0 Å². The number of aliphatic imine (C=N–C) groups is 1. The summed E-state index contributed by atoms with van der Waals surface area (Å²) < 4.78 is 10.8. The SMILES string of the molecule is CCNC(=NCc1ccccc1CN(C)C1CCCCC1)N1CCC(COCCOC)C1.I. The van der Waals surface area contributed by atoms with Gasteiger partial charge in [-0.3, -0.25) is 4.90 Å². The Hall–Kier alpha value is -0.900. The number of nitrogens with one attached hydrogen (secondary N) is 1. The molecule has 7 heteroatoms. The van der Waals surface area contributed by atoms with Gasteiger partial charge < -0.3 is 19.7 Å². The largest absolute Gasteiger partial charge is 0.382 e. The van der Waals surface area contributed by atoms with E-state index in [0.29, 0.717) is 19.1 Å². The molecule has 0 amide bonds. The van der Waals surface area contributed by atoms with E-state index >= 15 is 0 Å². The van der Waals surface area contributed by atoms with E-state index in [-0.39, 0.29) is 24.0 Å². The minimum absolute atomic E-state index is 0. The first kappa shape index (κ1) is 28.3. The van der Waals surface area contributed by atoms with E-state index in [4.69, 9.17) is 14.5 Å². The number of halogens is 1. The van der Waals surface area contributed by atoms with E-state index in [0.717, 1.165) is 57.8 Å². The Morgan fingerprint density at radius 2 is 1.88 bits per heavy atom. The lowest BCUT2D eigenvalue weighted by Gasteiger charge is -2.31. The van der Waals surface area contributed by atoms with Crippen LogP contribution in [0, 0.1) is 5.92 Å². The van der Waals surface area contributed by atoms with Crippen molar-refractivity contribution < 1.29 is 9.47 Å². The highest BCUT2D eigenvalue weighted by Crippen LogP contribution is 2.24. The lowest BCUT2D eigenvalue weighted by Crippen LogP contribution is -2.40. The predicted octanol–water partition coefficient (Wildman–Crippen LogP) is 4.52. The molecule has 1 unspecified atom stereocenters. The molecule has 6 nitrogen and oxygen atoms in total. The Balaban J connectivity index is 0.00000385. The zero-order valence-corrected chi connectivity index (χ0v) is 23.3. The minimum Gasteiger partial charge on any atom is -0.382 e. The minimum atomic E-state index is 0. The third-order valence-electron chi connectivity index (χ3n) is 6.84. The maximum Gasteiger partial charge on any atom is 0.194 e. The van der Waals surface area contributed by atoms with Crippen LogP contribution in [0.4, 0.5) is 0 Å². The zero-order valence-electron chi connectivity index (χ0n) is 20.9. The molecule has 33 heavy (non-hydrogen) atoms. The van der Waals surface area contributed by atoms with Gasteiger partial charge in [-0.05, 0) is 44.4 Å². The third kappa shape index (κ3) is 9.34. The van der Waals surface area contributed by atoms with E-state index in [2.05, 4.69) is 53.4 Å². The fourth-order valence-corrected chi connectivity index (χ4v) is 4.92. The van der Waals surface area contributed by atoms with Gasteiger partial charge in [-0.2, -0.15) is 0 Å². The van der Waals surface area contributed by atoms with Gasteiger partial charge in [0.1, 0.15) is 0 Å². The van der Waals surface area contributed by atoms with Gasteiger partial charge in [0.25, 0.3) is 0 Å². The molecule has 0 bridgehead atoms. The van der Waals surface area contributed by atoms with Crippen LogP contribution < -0.4 is 5.32 Å². The Kier molecular flexibility index (Phi) is 13.7. The fraction of sp³-hybridized carbons (Fsp3) is 0.731. The van der Waals surface area contributed by atoms with Crippen LogP contribution in [0.1, 0.15) is 56.6 Å². The van der Waals surface area contributed by atoms with Crippen molar-refractivity contribution >= 4 is 29.9 Å². The molecular weight excluding hydrogens is 527 g/mol. The van der Waals surface area contributed by atoms with E-state index in [1.807, 2.05) is 0 Å². The normalized spacial score (nSPS) is 19.7. The van der Waals surface area contributed by atoms with Gasteiger partial charge >= 0.3 is 0 Å². The van der Waals surface area contributed by atoms with Gasteiger partial charge in [-0.15, -0.1) is 24.0 Å². The van der Waals surface area contributed by atoms with Crippen molar-refractivity contribution in [1.82, 2.24) is 15.1 Å². The molecule has 0 radical (unpaired) electrons. The van der Waals surface area contributed by atoms with Crippen molar-refractivity contribution in [2.75, 3.05) is 53.6 Å². The highest BCUT2D eigenvalue weighted by molar-refractivity contribution is 14.0. The van der Waals surface area contributed by atoms with Crippen molar-refractivity contribution in [3.63, 3.8) is 0 Å². The molecule has 0 aromatic heterocycles. The second-order valence-corrected chi connectivity index (χ2v) is 9.31. The molecule has 1 aliphatic heterocycles. The number of rotatable bonds is 11. The number of ether oxygens (including phenoxy) is 2. The molecule has 1 saturated carbocycles. The molecule has 1 N–H and O–H groups in total. The number of methoxy groups -OCH3 is 1. The summed E-state index contributed by atoms with van der Waals surface area (Å²) in [4.78, 5) is 9.99. The molecule has 1 atom stereocenters. The van der Waals surface area contributed by atoms with Crippen molar-refractivity contribution in [3.05, 3.63) is 35.4 Å². The Labute approximate surface area is 218 Å². The smallest absolute Gasteiger partial charge is 0.194 e. The molecule has 2 fully saturated rings. The van der Waals surface area contributed by atoms with Crippen molar-refractivity contribution in [3.8, 4) is 0 Å². The van der Waals surface area contributed by atoms with E-state index in [9.17, 15) is 0 Å². The predicted molar refractivity (Wildman–Crippen MR) is 147 cm³/mol. The first-order chi connectivity index (χ1) is 15.7. The van der Waals surface area contributed by atoms with Crippen LogP contribution in [-0.4, -0.2) is 75.4 Å². The molecule has 1 heterocycles. The quantitative estimate of drug-likeness (QED) is 0.183. The summed E-state index contributed by atoms with van der Waals surface area (Å²) in [6, 6.07) is 9.56. The number of hydrogen-bond donors (Lipinski definition) is 1. The summed E-state index contributed by atoms with van der Waals surface area (Å²) >= 11 is 0. The summed E-state index contributed by atoms with van der Waals surface area (Å²) in [5.74, 6) is 1.59. The van der Waals surface area contributed by atoms with Gasteiger partial charge in [0.15, 0.2) is 5.96 Å². The van der Waals surface area contributed by atoms with Gasteiger partial charge in [-0.1, -0.05) is 43.5 Å². The maximum atomic E-state index is 5.76. The average Bonchev–Trinajstić information content (AvgIpc) is 3.30. The Bertz CT molecular complexity index is 697. The molecule has 1 aromatic rings. The van der Waals surface area contributed by atoms with Crippen LogP contribution in [-0.2, 0) is 22.6 Å². The summed E-state index contributed by atoms with van der Waals surface area (Å²) in [6.45, 7) is 8.94. The number of guanidine groups is 1. The molecule has 188 valence electrons.